The lowest BCUT2D eigenvalue weighted by Gasteiger charge is -2.31. The van der Waals surface area contributed by atoms with Crippen LogP contribution in [0, 0.1) is 6.92 Å². The average molecular weight is 312 g/mol. The number of aryl methyl sites for hydroxylation is 1. The molecule has 22 heavy (non-hydrogen) atoms. The quantitative estimate of drug-likeness (QED) is 0.849. The summed E-state index contributed by atoms with van der Waals surface area (Å²) in [5.74, 6) is 0.761. The molecule has 4 nitrogen and oxygen atoms in total. The number of nitrogens with one attached hydrogen (secondary N) is 2. The van der Waals surface area contributed by atoms with Crippen LogP contribution in [0.3, 0.4) is 0 Å². The van der Waals surface area contributed by atoms with Crippen molar-refractivity contribution in [2.75, 3.05) is 5.32 Å². The molecular weight excluding hydrogens is 292 g/mol. The van der Waals surface area contributed by atoms with E-state index in [2.05, 4.69) is 26.7 Å². The monoisotopic (exact) mass is 312 g/mol. The Hall–Kier alpha value is -2.01. The van der Waals surface area contributed by atoms with E-state index in [9.17, 15) is 0 Å². The minimum Gasteiger partial charge on any atom is -0.351 e. The van der Waals surface area contributed by atoms with E-state index in [0.29, 0.717) is 5.11 Å². The summed E-state index contributed by atoms with van der Waals surface area (Å²) in [5.41, 5.74) is 2.04. The topological polar surface area (TPSA) is 49.8 Å². The van der Waals surface area contributed by atoms with E-state index >= 15 is 0 Å². The molecule has 0 aromatic carbocycles. The maximum atomic E-state index is 5.49. The van der Waals surface area contributed by atoms with Gasteiger partial charge in [-0.3, -0.25) is 4.98 Å². The van der Waals surface area contributed by atoms with Crippen LogP contribution in [0.2, 0.25) is 0 Å². The minimum absolute atomic E-state index is 0.157. The van der Waals surface area contributed by atoms with Crippen LogP contribution in [0.25, 0.3) is 0 Å². The van der Waals surface area contributed by atoms with E-state index in [1.165, 1.54) is 12.8 Å². The summed E-state index contributed by atoms with van der Waals surface area (Å²) in [6, 6.07) is 10.00. The third-order valence-electron chi connectivity index (χ3n) is 4.12. The van der Waals surface area contributed by atoms with Crippen LogP contribution in [0.5, 0.6) is 0 Å². The van der Waals surface area contributed by atoms with Crippen molar-refractivity contribution in [2.45, 2.75) is 38.1 Å². The first-order valence-corrected chi connectivity index (χ1v) is 8.02. The van der Waals surface area contributed by atoms with Gasteiger partial charge in [-0.05, 0) is 55.7 Å². The molecule has 0 aliphatic heterocycles. The second kappa shape index (κ2) is 6.40. The van der Waals surface area contributed by atoms with Crippen LogP contribution in [-0.2, 0) is 5.54 Å². The van der Waals surface area contributed by atoms with Gasteiger partial charge in [0.25, 0.3) is 0 Å². The van der Waals surface area contributed by atoms with E-state index in [0.717, 1.165) is 29.9 Å². The molecule has 0 bridgehead atoms. The van der Waals surface area contributed by atoms with Gasteiger partial charge in [-0.1, -0.05) is 25.0 Å². The molecule has 0 atom stereocenters. The zero-order valence-corrected chi connectivity index (χ0v) is 13.5. The van der Waals surface area contributed by atoms with Crippen molar-refractivity contribution in [3.8, 4) is 0 Å². The lowest BCUT2D eigenvalue weighted by molar-refractivity contribution is 0.396. The molecular formula is C17H20N4S. The van der Waals surface area contributed by atoms with Gasteiger partial charge in [0.15, 0.2) is 5.11 Å². The first-order chi connectivity index (χ1) is 10.7. The smallest absolute Gasteiger partial charge is 0.172 e. The molecule has 0 amide bonds. The largest absolute Gasteiger partial charge is 0.351 e. The molecule has 0 spiro atoms. The SMILES string of the molecule is Cc1ccc(NC(=S)NC2(c3ccccn3)CCCC2)nc1. The predicted octanol–water partition coefficient (Wildman–Crippen LogP) is 3.54. The molecule has 0 saturated heterocycles. The van der Waals surface area contributed by atoms with Gasteiger partial charge in [0.05, 0.1) is 11.2 Å². The second-order valence-electron chi connectivity index (χ2n) is 5.80. The molecule has 5 heteroatoms. The van der Waals surface area contributed by atoms with Crippen molar-refractivity contribution in [3.05, 3.63) is 54.0 Å². The van der Waals surface area contributed by atoms with Crippen molar-refractivity contribution < 1.29 is 0 Å². The molecule has 2 aromatic rings. The molecule has 1 aliphatic rings. The summed E-state index contributed by atoms with van der Waals surface area (Å²) >= 11 is 5.49. The van der Waals surface area contributed by atoms with E-state index in [1.54, 1.807) is 0 Å². The number of aromatic nitrogens is 2. The third kappa shape index (κ3) is 3.25. The molecule has 114 valence electrons. The van der Waals surface area contributed by atoms with Gasteiger partial charge in [0.1, 0.15) is 5.82 Å². The number of pyridine rings is 2. The molecule has 1 saturated carbocycles. The lowest BCUT2D eigenvalue weighted by Crippen LogP contribution is -2.46. The highest BCUT2D eigenvalue weighted by atomic mass is 32.1. The van der Waals surface area contributed by atoms with Crippen molar-refractivity contribution in [2.24, 2.45) is 0 Å². The summed E-state index contributed by atoms with van der Waals surface area (Å²) < 4.78 is 0. The van der Waals surface area contributed by atoms with Crippen LogP contribution >= 0.6 is 12.2 Å². The average Bonchev–Trinajstić information content (AvgIpc) is 3.00. The zero-order chi connectivity index (χ0) is 15.4. The second-order valence-corrected chi connectivity index (χ2v) is 6.21. The summed E-state index contributed by atoms with van der Waals surface area (Å²) in [6.07, 6.45) is 8.15. The van der Waals surface area contributed by atoms with Crippen LogP contribution in [0.4, 0.5) is 5.82 Å². The fourth-order valence-corrected chi connectivity index (χ4v) is 3.28. The maximum Gasteiger partial charge on any atom is 0.172 e. The van der Waals surface area contributed by atoms with Gasteiger partial charge in [0.2, 0.25) is 0 Å². The van der Waals surface area contributed by atoms with Gasteiger partial charge in [-0.15, -0.1) is 0 Å². The lowest BCUT2D eigenvalue weighted by atomic mass is 9.93. The highest BCUT2D eigenvalue weighted by Crippen LogP contribution is 2.37. The van der Waals surface area contributed by atoms with Crippen LogP contribution in [0.15, 0.2) is 42.7 Å². The Morgan fingerprint density at radius 1 is 1.14 bits per heavy atom. The Morgan fingerprint density at radius 2 is 1.95 bits per heavy atom. The standard InChI is InChI=1S/C17H20N4S/c1-13-7-8-15(19-12-13)20-16(22)21-17(9-3-4-10-17)14-6-2-5-11-18-14/h2,5-8,11-12H,3-4,9-10H2,1H3,(H2,19,20,21,22). The van der Waals surface area contributed by atoms with Crippen molar-refractivity contribution in [1.82, 2.24) is 15.3 Å². The van der Waals surface area contributed by atoms with Gasteiger partial charge in [0, 0.05) is 12.4 Å². The Balaban J connectivity index is 1.74. The summed E-state index contributed by atoms with van der Waals surface area (Å²) in [5, 5.41) is 7.26. The molecule has 2 aromatic heterocycles. The molecule has 2 heterocycles. The van der Waals surface area contributed by atoms with E-state index in [4.69, 9.17) is 12.2 Å². The number of hydrogen-bond donors (Lipinski definition) is 2. The molecule has 0 unspecified atom stereocenters. The van der Waals surface area contributed by atoms with E-state index in [-0.39, 0.29) is 5.54 Å². The summed E-state index contributed by atoms with van der Waals surface area (Å²) in [7, 11) is 0. The predicted molar refractivity (Wildman–Crippen MR) is 92.7 cm³/mol. The summed E-state index contributed by atoms with van der Waals surface area (Å²) in [4.78, 5) is 8.87. The zero-order valence-electron chi connectivity index (χ0n) is 12.7. The fourth-order valence-electron chi connectivity index (χ4n) is 2.98. The van der Waals surface area contributed by atoms with Gasteiger partial charge in [-0.2, -0.15) is 0 Å². The first-order valence-electron chi connectivity index (χ1n) is 7.61. The van der Waals surface area contributed by atoms with Crippen LogP contribution in [0.1, 0.15) is 36.9 Å². The molecule has 1 aliphatic carbocycles. The Kier molecular flexibility index (Phi) is 4.34. The molecule has 3 rings (SSSR count). The highest BCUT2D eigenvalue weighted by molar-refractivity contribution is 7.80. The van der Waals surface area contributed by atoms with Crippen molar-refractivity contribution >= 4 is 23.1 Å². The van der Waals surface area contributed by atoms with Gasteiger partial charge in [-0.25, -0.2) is 4.98 Å². The molecule has 2 N–H and O–H groups in total. The maximum absolute atomic E-state index is 5.49. The number of rotatable bonds is 3. The van der Waals surface area contributed by atoms with Gasteiger partial charge < -0.3 is 10.6 Å². The number of hydrogen-bond acceptors (Lipinski definition) is 3. The van der Waals surface area contributed by atoms with E-state index < -0.39 is 0 Å². The summed E-state index contributed by atoms with van der Waals surface area (Å²) in [6.45, 7) is 2.02. The van der Waals surface area contributed by atoms with Gasteiger partial charge >= 0.3 is 0 Å². The highest BCUT2D eigenvalue weighted by Gasteiger charge is 2.37. The number of thiocarbonyl (C=S) groups is 1. The Labute approximate surface area is 136 Å². The Bertz CT molecular complexity index is 633. The van der Waals surface area contributed by atoms with Crippen LogP contribution < -0.4 is 10.6 Å². The normalized spacial score (nSPS) is 16.2. The van der Waals surface area contributed by atoms with Crippen LogP contribution in [-0.4, -0.2) is 15.1 Å². The number of anilines is 1. The fraction of sp³-hybridized carbons (Fsp3) is 0.353. The minimum atomic E-state index is -0.157. The van der Waals surface area contributed by atoms with Crippen molar-refractivity contribution in [1.29, 1.82) is 0 Å². The molecule has 1 fully saturated rings. The van der Waals surface area contributed by atoms with Crippen molar-refractivity contribution in [3.63, 3.8) is 0 Å². The number of nitrogens with zero attached hydrogens (tertiary/aromatic N) is 2. The Morgan fingerprint density at radius 3 is 2.59 bits per heavy atom. The van der Waals surface area contributed by atoms with E-state index in [1.807, 2.05) is 43.6 Å². The molecule has 0 radical (unpaired) electrons. The third-order valence-corrected chi connectivity index (χ3v) is 4.32. The first kappa shape index (κ1) is 14.9.